The molecule has 0 saturated heterocycles. The molecule has 1 aliphatic rings. The Hall–Kier alpha value is -1.82. The third kappa shape index (κ3) is 3.93. The summed E-state index contributed by atoms with van der Waals surface area (Å²) in [5, 5.41) is 0. The Morgan fingerprint density at radius 1 is 1.30 bits per heavy atom. The second-order valence-corrected chi connectivity index (χ2v) is 5.83. The fourth-order valence-corrected chi connectivity index (χ4v) is 2.55. The molecule has 2 nitrogen and oxygen atoms in total. The fraction of sp³-hybridized carbons (Fsp3) is 0.294. The van der Waals surface area contributed by atoms with E-state index in [4.69, 9.17) is 4.74 Å². The first-order valence-electron chi connectivity index (χ1n) is 7.00. The number of benzene rings is 1. The quantitative estimate of drug-likeness (QED) is 0.683. The lowest BCUT2D eigenvalue weighted by atomic mass is 10.0. The van der Waals surface area contributed by atoms with Gasteiger partial charge in [0.25, 0.3) is 6.43 Å². The van der Waals surface area contributed by atoms with Gasteiger partial charge in [-0.25, -0.2) is 13.2 Å². The van der Waals surface area contributed by atoms with E-state index in [0.717, 1.165) is 5.57 Å². The Bertz CT molecular complexity index is 655. The number of alkyl halides is 2. The molecule has 2 rings (SSSR count). The van der Waals surface area contributed by atoms with Gasteiger partial charge >= 0.3 is 0 Å². The number of allylic oxidation sites excluding steroid dienone is 3. The van der Waals surface area contributed by atoms with Gasteiger partial charge in [-0.15, -0.1) is 11.8 Å². The lowest BCUT2D eigenvalue weighted by molar-refractivity contribution is 0.123. The van der Waals surface area contributed by atoms with Crippen LogP contribution in [0.5, 0.6) is 5.75 Å². The van der Waals surface area contributed by atoms with Crippen molar-refractivity contribution in [2.24, 2.45) is 0 Å². The molecule has 0 unspecified atom stereocenters. The second-order valence-electron chi connectivity index (χ2n) is 5.01. The van der Waals surface area contributed by atoms with Crippen LogP contribution >= 0.6 is 11.8 Å². The molecule has 0 N–H and O–H groups in total. The third-order valence-corrected chi connectivity index (χ3v) is 3.80. The minimum absolute atomic E-state index is 0.173. The van der Waals surface area contributed by atoms with E-state index in [1.165, 1.54) is 28.8 Å². The van der Waals surface area contributed by atoms with Crippen LogP contribution in [0.2, 0.25) is 0 Å². The molecular formula is C17H18F3NOS. The number of rotatable bonds is 6. The molecule has 0 aliphatic carbocycles. The molecule has 1 aromatic carbocycles. The maximum Gasteiger partial charge on any atom is 0.256 e. The first-order valence-corrected chi connectivity index (χ1v) is 8.39. The largest absolute Gasteiger partial charge is 0.482 e. The predicted octanol–water partition coefficient (Wildman–Crippen LogP) is 4.91. The van der Waals surface area contributed by atoms with Gasteiger partial charge in [0.05, 0.1) is 17.8 Å². The van der Waals surface area contributed by atoms with Crippen LogP contribution in [0.25, 0.3) is 5.70 Å². The first-order chi connectivity index (χ1) is 11.0. The smallest absolute Gasteiger partial charge is 0.256 e. The monoisotopic (exact) mass is 341 g/mol. The van der Waals surface area contributed by atoms with Gasteiger partial charge in [0.1, 0.15) is 17.5 Å². The molecule has 0 atom stereocenters. The second kappa shape index (κ2) is 7.64. The zero-order chi connectivity index (χ0) is 17.0. The van der Waals surface area contributed by atoms with Crippen molar-refractivity contribution in [2.75, 3.05) is 18.7 Å². The normalized spacial score (nSPS) is 14.9. The highest BCUT2D eigenvalue weighted by Gasteiger charge is 2.26. The molecule has 0 spiro atoms. The van der Waals surface area contributed by atoms with Gasteiger partial charge in [-0.05, 0) is 37.0 Å². The van der Waals surface area contributed by atoms with E-state index in [1.54, 1.807) is 25.1 Å². The molecule has 0 saturated carbocycles. The van der Waals surface area contributed by atoms with Gasteiger partial charge in [0, 0.05) is 5.70 Å². The van der Waals surface area contributed by atoms with Crippen molar-refractivity contribution < 1.29 is 17.9 Å². The summed E-state index contributed by atoms with van der Waals surface area (Å²) >= 11 is 1.44. The Labute approximate surface area is 138 Å². The molecule has 23 heavy (non-hydrogen) atoms. The molecular weight excluding hydrogens is 323 g/mol. The van der Waals surface area contributed by atoms with E-state index in [-0.39, 0.29) is 5.56 Å². The van der Waals surface area contributed by atoms with Crippen LogP contribution in [0.4, 0.5) is 13.2 Å². The van der Waals surface area contributed by atoms with Crippen molar-refractivity contribution in [1.29, 1.82) is 0 Å². The van der Waals surface area contributed by atoms with E-state index in [2.05, 4.69) is 6.58 Å². The van der Waals surface area contributed by atoms with Gasteiger partial charge < -0.3 is 9.64 Å². The van der Waals surface area contributed by atoms with E-state index < -0.39 is 18.8 Å². The molecule has 0 bridgehead atoms. The summed E-state index contributed by atoms with van der Waals surface area (Å²) < 4.78 is 45.9. The summed E-state index contributed by atoms with van der Waals surface area (Å²) in [5.74, 6) is 0.148. The minimum Gasteiger partial charge on any atom is -0.482 e. The van der Waals surface area contributed by atoms with Crippen molar-refractivity contribution in [3.8, 4) is 5.75 Å². The fourth-order valence-electron chi connectivity index (χ4n) is 2.31. The molecule has 0 aromatic heterocycles. The standard InChI is InChI=1S/C17H18F3NOS/c1-11-7-8-14(21(12(11)2)9-16(19)20)17-13(18)5-4-6-15(17)22-10-23-3/h4-8,16H,2,9-10H2,1,3H3. The average Bonchev–Trinajstić information content (AvgIpc) is 2.50. The zero-order valence-corrected chi connectivity index (χ0v) is 13.8. The lowest BCUT2D eigenvalue weighted by Gasteiger charge is -2.33. The summed E-state index contributed by atoms with van der Waals surface area (Å²) in [6, 6.07) is 4.45. The van der Waals surface area contributed by atoms with E-state index in [9.17, 15) is 13.2 Å². The Morgan fingerprint density at radius 3 is 2.70 bits per heavy atom. The molecule has 1 aliphatic heterocycles. The lowest BCUT2D eigenvalue weighted by Crippen LogP contribution is -2.29. The minimum atomic E-state index is -2.57. The van der Waals surface area contributed by atoms with Crippen molar-refractivity contribution in [3.63, 3.8) is 0 Å². The molecule has 0 amide bonds. The van der Waals surface area contributed by atoms with Crippen molar-refractivity contribution in [1.82, 2.24) is 4.90 Å². The first kappa shape index (κ1) is 17.5. The van der Waals surface area contributed by atoms with Crippen LogP contribution in [-0.4, -0.2) is 30.1 Å². The van der Waals surface area contributed by atoms with Gasteiger partial charge in [0.2, 0.25) is 0 Å². The zero-order valence-electron chi connectivity index (χ0n) is 13.0. The van der Waals surface area contributed by atoms with Gasteiger partial charge in [-0.2, -0.15) is 0 Å². The van der Waals surface area contributed by atoms with Crippen LogP contribution < -0.4 is 4.74 Å². The molecule has 6 heteroatoms. The number of nitrogens with zero attached hydrogens (tertiary/aromatic N) is 1. The summed E-state index contributed by atoms with van der Waals surface area (Å²) in [6.45, 7) is 5.07. The van der Waals surface area contributed by atoms with Gasteiger partial charge in [-0.1, -0.05) is 18.7 Å². The number of hydrogen-bond acceptors (Lipinski definition) is 3. The highest BCUT2D eigenvalue weighted by molar-refractivity contribution is 7.98. The topological polar surface area (TPSA) is 12.5 Å². The summed E-state index contributed by atoms with van der Waals surface area (Å²) in [5.41, 5.74) is 1.70. The number of hydrogen-bond donors (Lipinski definition) is 0. The van der Waals surface area contributed by atoms with Gasteiger partial charge in [-0.3, -0.25) is 0 Å². The van der Waals surface area contributed by atoms with Crippen LogP contribution in [0.3, 0.4) is 0 Å². The summed E-state index contributed by atoms with van der Waals surface area (Å²) in [4.78, 5) is 1.34. The molecule has 1 aromatic rings. The van der Waals surface area contributed by atoms with Crippen molar-refractivity contribution in [2.45, 2.75) is 13.3 Å². The van der Waals surface area contributed by atoms with Crippen LogP contribution in [0, 0.1) is 5.82 Å². The van der Waals surface area contributed by atoms with Crippen LogP contribution in [0.1, 0.15) is 12.5 Å². The molecule has 0 fully saturated rings. The number of ether oxygens (including phenoxy) is 1. The SMILES string of the molecule is C=C1C(C)=CC=C(c2c(F)cccc2OCSC)N1CC(F)F. The van der Waals surface area contributed by atoms with Crippen molar-refractivity contribution in [3.05, 3.63) is 59.6 Å². The molecule has 124 valence electrons. The molecule has 1 heterocycles. The Morgan fingerprint density at radius 2 is 2.04 bits per heavy atom. The van der Waals surface area contributed by atoms with E-state index >= 15 is 0 Å². The Kier molecular flexibility index (Phi) is 5.82. The molecule has 0 radical (unpaired) electrons. The summed E-state index contributed by atoms with van der Waals surface area (Å²) in [6.07, 6.45) is 2.65. The number of halogens is 3. The summed E-state index contributed by atoms with van der Waals surface area (Å²) in [7, 11) is 0. The highest BCUT2D eigenvalue weighted by atomic mass is 32.2. The Balaban J connectivity index is 2.51. The van der Waals surface area contributed by atoms with Crippen LogP contribution in [-0.2, 0) is 0 Å². The van der Waals surface area contributed by atoms with E-state index in [1.807, 2.05) is 6.26 Å². The predicted molar refractivity (Wildman–Crippen MR) is 89.0 cm³/mol. The van der Waals surface area contributed by atoms with Gasteiger partial charge in [0.15, 0.2) is 0 Å². The number of thioether (sulfide) groups is 1. The highest BCUT2D eigenvalue weighted by Crippen LogP contribution is 2.37. The third-order valence-electron chi connectivity index (χ3n) is 3.45. The van der Waals surface area contributed by atoms with E-state index in [0.29, 0.717) is 23.1 Å². The van der Waals surface area contributed by atoms with Crippen molar-refractivity contribution >= 4 is 17.5 Å². The average molecular weight is 341 g/mol. The maximum atomic E-state index is 14.4. The maximum absolute atomic E-state index is 14.4. The van der Waals surface area contributed by atoms with Crippen LogP contribution in [0.15, 0.2) is 48.2 Å².